The molecule has 7 nitrogen and oxygen atoms in total. The lowest BCUT2D eigenvalue weighted by atomic mass is 10.5. The van der Waals surface area contributed by atoms with Gasteiger partial charge in [-0.2, -0.15) is 0 Å². The van der Waals surface area contributed by atoms with Gasteiger partial charge in [-0.05, 0) is 11.8 Å². The topological polar surface area (TPSA) is 78.8 Å². The minimum absolute atomic E-state index is 0.0280. The molecule has 2 heterocycles. The molecule has 0 aliphatic heterocycles. The molecule has 0 unspecified atom stereocenters. The molecule has 0 atom stereocenters. The van der Waals surface area contributed by atoms with Crippen molar-refractivity contribution in [2.24, 2.45) is 0 Å². The van der Waals surface area contributed by atoms with E-state index >= 15 is 0 Å². The van der Waals surface area contributed by atoms with Crippen molar-refractivity contribution in [3.63, 3.8) is 0 Å². The molecule has 0 bridgehead atoms. The highest BCUT2D eigenvalue weighted by Gasteiger charge is 2.16. The first-order chi connectivity index (χ1) is 8.09. The fourth-order valence-electron chi connectivity index (χ4n) is 1.73. The van der Waals surface area contributed by atoms with Crippen LogP contribution in [0.15, 0.2) is 18.6 Å². The van der Waals surface area contributed by atoms with Gasteiger partial charge in [-0.3, -0.25) is 0 Å². The van der Waals surface area contributed by atoms with Gasteiger partial charge in [0, 0.05) is 19.3 Å². The molecule has 0 aromatic carbocycles. The molecule has 2 aromatic heterocycles. The Labute approximate surface area is 97.9 Å². The zero-order valence-electron chi connectivity index (χ0n) is 9.70. The van der Waals surface area contributed by atoms with Gasteiger partial charge in [0.1, 0.15) is 18.6 Å². The normalized spacial score (nSPS) is 10.7. The second-order valence-electron chi connectivity index (χ2n) is 3.74. The van der Waals surface area contributed by atoms with Gasteiger partial charge in [-0.25, -0.2) is 14.5 Å². The SMILES string of the molecule is Cc1nccn1CCn1c([N+](=O)[O-])cnc1C. The second-order valence-corrected chi connectivity index (χ2v) is 3.74. The Balaban J connectivity index is 2.16. The van der Waals surface area contributed by atoms with E-state index in [-0.39, 0.29) is 5.82 Å². The Bertz CT molecular complexity index is 543. The van der Waals surface area contributed by atoms with Crippen LogP contribution in [0, 0.1) is 24.0 Å². The first-order valence-electron chi connectivity index (χ1n) is 5.24. The summed E-state index contributed by atoms with van der Waals surface area (Å²) in [4.78, 5) is 18.4. The molecule has 7 heteroatoms. The van der Waals surface area contributed by atoms with E-state index in [1.54, 1.807) is 17.7 Å². The summed E-state index contributed by atoms with van der Waals surface area (Å²) in [6, 6.07) is 0. The Morgan fingerprint density at radius 3 is 2.65 bits per heavy atom. The molecular weight excluding hydrogens is 222 g/mol. The third-order valence-electron chi connectivity index (χ3n) is 2.71. The number of nitro groups is 1. The van der Waals surface area contributed by atoms with E-state index in [2.05, 4.69) is 9.97 Å². The molecule has 0 radical (unpaired) electrons. The highest BCUT2D eigenvalue weighted by Crippen LogP contribution is 2.13. The molecule has 2 aromatic rings. The van der Waals surface area contributed by atoms with Crippen molar-refractivity contribution >= 4 is 5.82 Å². The summed E-state index contributed by atoms with van der Waals surface area (Å²) in [7, 11) is 0. The zero-order chi connectivity index (χ0) is 12.4. The Morgan fingerprint density at radius 1 is 1.29 bits per heavy atom. The molecule has 0 N–H and O–H groups in total. The zero-order valence-corrected chi connectivity index (χ0v) is 9.70. The number of rotatable bonds is 4. The number of hydrogen-bond donors (Lipinski definition) is 0. The molecule has 17 heavy (non-hydrogen) atoms. The summed E-state index contributed by atoms with van der Waals surface area (Å²) in [5.41, 5.74) is 0. The van der Waals surface area contributed by atoms with Crippen LogP contribution >= 0.6 is 0 Å². The van der Waals surface area contributed by atoms with Gasteiger partial charge in [0.15, 0.2) is 5.82 Å². The predicted octanol–water partition coefficient (Wildman–Crippen LogP) is 1.30. The Kier molecular flexibility index (Phi) is 2.90. The lowest BCUT2D eigenvalue weighted by Gasteiger charge is -2.05. The van der Waals surface area contributed by atoms with Crippen LogP contribution in [0.1, 0.15) is 11.6 Å². The van der Waals surface area contributed by atoms with Gasteiger partial charge in [0.2, 0.25) is 0 Å². The van der Waals surface area contributed by atoms with E-state index in [0.717, 1.165) is 5.82 Å². The summed E-state index contributed by atoms with van der Waals surface area (Å²) in [5, 5.41) is 10.8. The largest absolute Gasteiger partial charge is 0.358 e. The van der Waals surface area contributed by atoms with Crippen LogP contribution in [0.4, 0.5) is 5.82 Å². The average Bonchev–Trinajstić information content (AvgIpc) is 2.82. The van der Waals surface area contributed by atoms with E-state index < -0.39 is 4.92 Å². The van der Waals surface area contributed by atoms with Crippen LogP contribution in [0.5, 0.6) is 0 Å². The Hall–Kier alpha value is -2.18. The molecule has 2 rings (SSSR count). The van der Waals surface area contributed by atoms with Crippen molar-refractivity contribution in [1.82, 2.24) is 19.1 Å². The maximum Gasteiger partial charge on any atom is 0.342 e. The highest BCUT2D eigenvalue weighted by molar-refractivity contribution is 5.18. The molecule has 0 saturated carbocycles. The molecule has 0 aliphatic rings. The van der Waals surface area contributed by atoms with Crippen molar-refractivity contribution in [1.29, 1.82) is 0 Å². The van der Waals surface area contributed by atoms with Gasteiger partial charge in [0.25, 0.3) is 0 Å². The van der Waals surface area contributed by atoms with E-state index in [9.17, 15) is 10.1 Å². The van der Waals surface area contributed by atoms with Gasteiger partial charge >= 0.3 is 5.82 Å². The molecule has 90 valence electrons. The quantitative estimate of drug-likeness (QED) is 0.591. The van der Waals surface area contributed by atoms with Gasteiger partial charge in [-0.1, -0.05) is 0 Å². The van der Waals surface area contributed by atoms with Crippen LogP contribution in [-0.2, 0) is 13.1 Å². The Morgan fingerprint density at radius 2 is 2.06 bits per heavy atom. The molecule has 0 fully saturated rings. The monoisotopic (exact) mass is 235 g/mol. The summed E-state index contributed by atoms with van der Waals surface area (Å²) in [5.74, 6) is 1.57. The lowest BCUT2D eigenvalue weighted by molar-refractivity contribution is -0.392. The second kappa shape index (κ2) is 4.36. The lowest BCUT2D eigenvalue weighted by Crippen LogP contribution is -2.11. The molecule has 0 spiro atoms. The summed E-state index contributed by atoms with van der Waals surface area (Å²) >= 11 is 0. The number of hydrogen-bond acceptors (Lipinski definition) is 4. The van der Waals surface area contributed by atoms with Crippen LogP contribution in [-0.4, -0.2) is 24.0 Å². The number of nitrogens with zero attached hydrogens (tertiary/aromatic N) is 5. The minimum Gasteiger partial charge on any atom is -0.358 e. The average molecular weight is 235 g/mol. The van der Waals surface area contributed by atoms with Crippen LogP contribution in [0.25, 0.3) is 0 Å². The van der Waals surface area contributed by atoms with Gasteiger partial charge < -0.3 is 14.7 Å². The van der Waals surface area contributed by atoms with E-state index in [0.29, 0.717) is 18.9 Å². The molecular formula is C10H13N5O2. The maximum absolute atomic E-state index is 10.8. The fourth-order valence-corrected chi connectivity index (χ4v) is 1.73. The molecule has 0 aliphatic carbocycles. The molecule has 0 amide bonds. The van der Waals surface area contributed by atoms with E-state index in [1.165, 1.54) is 6.20 Å². The first-order valence-corrected chi connectivity index (χ1v) is 5.24. The van der Waals surface area contributed by atoms with Crippen molar-refractivity contribution in [2.75, 3.05) is 0 Å². The third kappa shape index (κ3) is 2.17. The minimum atomic E-state index is -0.416. The fraction of sp³-hybridized carbons (Fsp3) is 0.400. The van der Waals surface area contributed by atoms with Crippen LogP contribution < -0.4 is 0 Å². The standard InChI is InChI=1S/C10H13N5O2/c1-8-11-3-4-13(8)5-6-14-9(2)12-7-10(14)15(16)17/h3-4,7H,5-6H2,1-2H3. The summed E-state index contributed by atoms with van der Waals surface area (Å²) < 4.78 is 3.54. The van der Waals surface area contributed by atoms with Crippen molar-refractivity contribution in [3.05, 3.63) is 40.4 Å². The third-order valence-corrected chi connectivity index (χ3v) is 2.71. The number of aryl methyl sites for hydroxylation is 3. The first kappa shape index (κ1) is 11.3. The number of aromatic nitrogens is 4. The summed E-state index contributed by atoms with van der Waals surface area (Å²) in [6.07, 6.45) is 4.86. The van der Waals surface area contributed by atoms with E-state index in [1.807, 2.05) is 17.7 Å². The van der Waals surface area contributed by atoms with Crippen LogP contribution in [0.3, 0.4) is 0 Å². The van der Waals surface area contributed by atoms with Crippen molar-refractivity contribution in [2.45, 2.75) is 26.9 Å². The van der Waals surface area contributed by atoms with Crippen LogP contribution in [0.2, 0.25) is 0 Å². The van der Waals surface area contributed by atoms with Crippen molar-refractivity contribution in [3.8, 4) is 0 Å². The molecule has 0 saturated heterocycles. The maximum atomic E-state index is 10.8. The number of imidazole rings is 2. The highest BCUT2D eigenvalue weighted by atomic mass is 16.6. The predicted molar refractivity (Wildman–Crippen MR) is 60.6 cm³/mol. The summed E-state index contributed by atoms with van der Waals surface area (Å²) in [6.45, 7) is 4.81. The van der Waals surface area contributed by atoms with Gasteiger partial charge in [-0.15, -0.1) is 0 Å². The van der Waals surface area contributed by atoms with Crippen molar-refractivity contribution < 1.29 is 4.92 Å². The van der Waals surface area contributed by atoms with E-state index in [4.69, 9.17) is 0 Å². The smallest absolute Gasteiger partial charge is 0.342 e. The van der Waals surface area contributed by atoms with Gasteiger partial charge in [0.05, 0.1) is 6.54 Å².